The first-order valence-electron chi connectivity index (χ1n) is 9.88. The van der Waals surface area contributed by atoms with Gasteiger partial charge in [-0.3, -0.25) is 28.8 Å². The van der Waals surface area contributed by atoms with Crippen molar-refractivity contribution in [2.75, 3.05) is 6.54 Å². The van der Waals surface area contributed by atoms with E-state index < -0.39 is 85.0 Å². The lowest BCUT2D eigenvalue weighted by molar-refractivity contribution is -0.151. The van der Waals surface area contributed by atoms with Gasteiger partial charge in [0.15, 0.2) is 0 Å². The molecule has 0 aromatic carbocycles. The second kappa shape index (κ2) is 12.3. The van der Waals surface area contributed by atoms with Gasteiger partial charge in [0.1, 0.15) is 18.1 Å². The normalized spacial score (nSPS) is 18.0. The van der Waals surface area contributed by atoms with Crippen molar-refractivity contribution in [2.45, 2.75) is 62.7 Å². The van der Waals surface area contributed by atoms with Crippen molar-refractivity contribution in [3.05, 3.63) is 0 Å². The van der Waals surface area contributed by atoms with Crippen LogP contribution in [0.5, 0.6) is 0 Å². The fourth-order valence-corrected chi connectivity index (χ4v) is 3.21. The van der Waals surface area contributed by atoms with Crippen LogP contribution >= 0.6 is 0 Å². The molecule has 0 spiro atoms. The summed E-state index contributed by atoms with van der Waals surface area (Å²) in [5.74, 6) is -8.74. The maximum Gasteiger partial charge on any atom is 0.326 e. The van der Waals surface area contributed by atoms with Crippen LogP contribution in [0.4, 0.5) is 0 Å². The van der Waals surface area contributed by atoms with Crippen molar-refractivity contribution in [3.63, 3.8) is 0 Å². The Kier molecular flexibility index (Phi) is 10.2. The fraction of sp³-hybridized carbons (Fsp3) is 0.611. The van der Waals surface area contributed by atoms with Gasteiger partial charge in [0, 0.05) is 13.0 Å². The number of rotatable bonds is 13. The third-order valence-electron chi connectivity index (χ3n) is 4.83. The third kappa shape index (κ3) is 8.72. The number of nitrogens with one attached hydrogen (secondary N) is 2. The second-order valence-electron chi connectivity index (χ2n) is 7.38. The SMILES string of the molecule is NC(CCC(=O)O)C(=O)NC(CC(=O)O)C(=O)NC(CC(=O)O)C(=O)N1CCCC1C(=O)O. The predicted octanol–water partition coefficient (Wildman–Crippen LogP) is -2.83. The van der Waals surface area contributed by atoms with Crippen molar-refractivity contribution >= 4 is 41.6 Å². The molecule has 1 saturated heterocycles. The van der Waals surface area contributed by atoms with Crippen molar-refractivity contribution in [1.82, 2.24) is 15.5 Å². The summed E-state index contributed by atoms with van der Waals surface area (Å²) in [5.41, 5.74) is 5.54. The lowest BCUT2D eigenvalue weighted by atomic mass is 10.1. The minimum Gasteiger partial charge on any atom is -0.481 e. The molecule has 184 valence electrons. The Hall–Kier alpha value is -3.75. The van der Waals surface area contributed by atoms with E-state index in [1.165, 1.54) is 0 Å². The molecule has 1 aliphatic rings. The monoisotopic (exact) mass is 474 g/mol. The smallest absolute Gasteiger partial charge is 0.326 e. The van der Waals surface area contributed by atoms with E-state index in [2.05, 4.69) is 5.32 Å². The zero-order valence-electron chi connectivity index (χ0n) is 17.4. The molecule has 4 unspecified atom stereocenters. The van der Waals surface area contributed by atoms with Crippen LogP contribution in [0.3, 0.4) is 0 Å². The molecule has 3 amide bonds. The average molecular weight is 474 g/mol. The molecule has 15 heteroatoms. The van der Waals surface area contributed by atoms with Gasteiger partial charge in [-0.1, -0.05) is 0 Å². The molecule has 0 aromatic rings. The first-order chi connectivity index (χ1) is 15.3. The summed E-state index contributed by atoms with van der Waals surface area (Å²) in [6.45, 7) is 0.0233. The van der Waals surface area contributed by atoms with Crippen LogP contribution in [0.1, 0.15) is 38.5 Å². The Morgan fingerprint density at radius 3 is 1.91 bits per heavy atom. The molecule has 1 heterocycles. The number of hydrogen-bond donors (Lipinski definition) is 7. The first-order valence-corrected chi connectivity index (χ1v) is 9.88. The Labute approximate surface area is 186 Å². The summed E-state index contributed by atoms with van der Waals surface area (Å²) in [4.78, 5) is 82.7. The quantitative estimate of drug-likeness (QED) is 0.143. The summed E-state index contributed by atoms with van der Waals surface area (Å²) in [5, 5.41) is 40.1. The molecule has 1 aliphatic heterocycles. The summed E-state index contributed by atoms with van der Waals surface area (Å²) < 4.78 is 0. The van der Waals surface area contributed by atoms with E-state index in [1.807, 2.05) is 5.32 Å². The van der Waals surface area contributed by atoms with Crippen LogP contribution in [-0.2, 0) is 33.6 Å². The molecule has 0 saturated carbocycles. The number of carbonyl (C=O) groups is 7. The number of carbonyl (C=O) groups excluding carboxylic acids is 3. The lowest BCUT2D eigenvalue weighted by Crippen LogP contribution is -2.58. The van der Waals surface area contributed by atoms with E-state index in [0.29, 0.717) is 6.42 Å². The van der Waals surface area contributed by atoms with Crippen LogP contribution in [0, 0.1) is 0 Å². The summed E-state index contributed by atoms with van der Waals surface area (Å²) >= 11 is 0. The minimum absolute atomic E-state index is 0.0233. The van der Waals surface area contributed by atoms with Gasteiger partial charge in [0.2, 0.25) is 17.7 Å². The van der Waals surface area contributed by atoms with Crippen LogP contribution in [0.15, 0.2) is 0 Å². The lowest BCUT2D eigenvalue weighted by Gasteiger charge is -2.28. The van der Waals surface area contributed by atoms with E-state index in [1.54, 1.807) is 0 Å². The molecule has 1 rings (SSSR count). The second-order valence-corrected chi connectivity index (χ2v) is 7.38. The van der Waals surface area contributed by atoms with Gasteiger partial charge < -0.3 is 41.7 Å². The van der Waals surface area contributed by atoms with E-state index in [0.717, 1.165) is 4.90 Å². The number of carboxylic acids is 4. The van der Waals surface area contributed by atoms with Crippen LogP contribution < -0.4 is 16.4 Å². The molecule has 4 atom stereocenters. The topological polar surface area (TPSA) is 254 Å². The van der Waals surface area contributed by atoms with E-state index in [9.17, 15) is 38.7 Å². The molecule has 0 bridgehead atoms. The van der Waals surface area contributed by atoms with Crippen LogP contribution in [-0.4, -0.2) is 97.6 Å². The number of nitrogens with zero attached hydrogens (tertiary/aromatic N) is 1. The maximum absolute atomic E-state index is 12.8. The minimum atomic E-state index is -1.76. The molecule has 0 radical (unpaired) electrons. The highest BCUT2D eigenvalue weighted by Gasteiger charge is 2.39. The molecule has 0 aromatic heterocycles. The molecular formula is C18H26N4O11. The Balaban J connectivity index is 2.99. The van der Waals surface area contributed by atoms with Gasteiger partial charge in [0.25, 0.3) is 0 Å². The highest BCUT2D eigenvalue weighted by atomic mass is 16.4. The molecule has 15 nitrogen and oxygen atoms in total. The molecule has 8 N–H and O–H groups in total. The van der Waals surface area contributed by atoms with Gasteiger partial charge in [-0.05, 0) is 19.3 Å². The van der Waals surface area contributed by atoms with Crippen LogP contribution in [0.25, 0.3) is 0 Å². The van der Waals surface area contributed by atoms with E-state index in [4.69, 9.17) is 21.1 Å². The predicted molar refractivity (Wildman–Crippen MR) is 106 cm³/mol. The largest absolute Gasteiger partial charge is 0.481 e. The number of nitrogens with two attached hydrogens (primary N) is 1. The van der Waals surface area contributed by atoms with Crippen molar-refractivity contribution in [3.8, 4) is 0 Å². The first kappa shape index (κ1) is 27.3. The van der Waals surface area contributed by atoms with Crippen molar-refractivity contribution in [2.24, 2.45) is 5.73 Å². The van der Waals surface area contributed by atoms with Crippen molar-refractivity contribution in [1.29, 1.82) is 0 Å². The standard InChI is InChI=1S/C18H26N4O11/c19-8(3-4-12(23)24)15(29)20-9(6-13(25)26)16(30)21-10(7-14(27)28)17(31)22-5-1-2-11(22)18(32)33/h8-11H,1-7,19H2,(H,20,29)(H,21,30)(H,23,24)(H,25,26)(H,27,28)(H,32,33). The Morgan fingerprint density at radius 1 is 0.848 bits per heavy atom. The highest BCUT2D eigenvalue weighted by molar-refractivity contribution is 5.97. The van der Waals surface area contributed by atoms with Gasteiger partial charge in [0.05, 0.1) is 18.9 Å². The van der Waals surface area contributed by atoms with Gasteiger partial charge >= 0.3 is 23.9 Å². The third-order valence-corrected chi connectivity index (χ3v) is 4.83. The van der Waals surface area contributed by atoms with Crippen LogP contribution in [0.2, 0.25) is 0 Å². The zero-order chi connectivity index (χ0) is 25.3. The van der Waals surface area contributed by atoms with Gasteiger partial charge in [-0.25, -0.2) is 4.79 Å². The Bertz CT molecular complexity index is 815. The number of hydrogen-bond acceptors (Lipinski definition) is 8. The Morgan fingerprint density at radius 2 is 1.39 bits per heavy atom. The number of amides is 3. The number of aliphatic carboxylic acids is 4. The number of likely N-dealkylation sites (tertiary alicyclic amines) is 1. The summed E-state index contributed by atoms with van der Waals surface area (Å²) in [6.07, 6.45) is -2.13. The summed E-state index contributed by atoms with van der Waals surface area (Å²) in [7, 11) is 0. The molecular weight excluding hydrogens is 448 g/mol. The highest BCUT2D eigenvalue weighted by Crippen LogP contribution is 2.19. The van der Waals surface area contributed by atoms with E-state index in [-0.39, 0.29) is 19.4 Å². The fourth-order valence-electron chi connectivity index (χ4n) is 3.21. The van der Waals surface area contributed by atoms with Crippen molar-refractivity contribution < 1.29 is 54.0 Å². The molecule has 0 aliphatic carbocycles. The maximum atomic E-state index is 12.8. The van der Waals surface area contributed by atoms with E-state index >= 15 is 0 Å². The number of carboxylic acid groups (broad SMARTS) is 4. The zero-order valence-corrected chi connectivity index (χ0v) is 17.4. The average Bonchev–Trinajstić information content (AvgIpc) is 3.19. The van der Waals surface area contributed by atoms with Gasteiger partial charge in [-0.15, -0.1) is 0 Å². The molecule has 1 fully saturated rings. The summed E-state index contributed by atoms with van der Waals surface area (Å²) in [6, 6.07) is -6.05. The molecule has 33 heavy (non-hydrogen) atoms. The van der Waals surface area contributed by atoms with Gasteiger partial charge in [-0.2, -0.15) is 0 Å².